The van der Waals surface area contributed by atoms with Crippen molar-refractivity contribution in [3.63, 3.8) is 0 Å². The molecule has 0 fully saturated rings. The lowest BCUT2D eigenvalue weighted by molar-refractivity contribution is 1.07. The summed E-state index contributed by atoms with van der Waals surface area (Å²) in [5.41, 5.74) is 11.3. The number of fused-ring (bicyclic) bond motifs is 3. The zero-order chi connectivity index (χ0) is 33.5. The Morgan fingerprint density at radius 1 is 0.314 bits per heavy atom. The highest BCUT2D eigenvalue weighted by atomic mass is 15.0. The number of rotatable bonds is 4. The summed E-state index contributed by atoms with van der Waals surface area (Å²) in [6, 6.07) is 60.3. The second-order valence-corrected chi connectivity index (χ2v) is 13.2. The summed E-state index contributed by atoms with van der Waals surface area (Å²) in [6.07, 6.45) is 0. The van der Waals surface area contributed by atoms with Crippen molar-refractivity contribution in [2.24, 2.45) is 0 Å². The molecule has 11 rings (SSSR count). The molecule has 0 unspecified atom stereocenters. The van der Waals surface area contributed by atoms with Crippen molar-refractivity contribution in [3.05, 3.63) is 170 Å². The van der Waals surface area contributed by atoms with E-state index in [0.29, 0.717) is 17.5 Å². The molecule has 2 heterocycles. The molecule has 10 aromatic rings. The van der Waals surface area contributed by atoms with Gasteiger partial charge in [0.05, 0.1) is 11.0 Å². The molecule has 0 saturated heterocycles. The predicted molar refractivity (Wildman–Crippen MR) is 210 cm³/mol. The highest BCUT2D eigenvalue weighted by Gasteiger charge is 2.24. The highest BCUT2D eigenvalue weighted by molar-refractivity contribution is 6.27. The Labute approximate surface area is 294 Å². The van der Waals surface area contributed by atoms with Crippen LogP contribution in [-0.4, -0.2) is 19.5 Å². The summed E-state index contributed by atoms with van der Waals surface area (Å²) < 4.78 is 2.40. The second kappa shape index (κ2) is 10.8. The van der Waals surface area contributed by atoms with Crippen LogP contribution < -0.4 is 0 Å². The van der Waals surface area contributed by atoms with Crippen molar-refractivity contribution in [1.82, 2.24) is 19.5 Å². The SMILES string of the molecule is c1ccc(-c2nc(-c3cccc(-n4c5cccc6c5c5c(cccc54)-c4cccc5cccc-6c45)c3)nc(-c3ccc4ccccc4c3)n2)cc1. The molecule has 0 N–H and O–H groups in total. The summed E-state index contributed by atoms with van der Waals surface area (Å²) in [4.78, 5) is 15.2. The molecule has 0 bridgehead atoms. The van der Waals surface area contributed by atoms with Gasteiger partial charge in [0.25, 0.3) is 0 Å². The number of hydrogen-bond acceptors (Lipinski definition) is 3. The lowest BCUT2D eigenvalue weighted by Gasteiger charge is -2.14. The monoisotopic (exact) mass is 648 g/mol. The molecule has 51 heavy (non-hydrogen) atoms. The lowest BCUT2D eigenvalue weighted by atomic mass is 9.93. The molecule has 1 aliphatic rings. The van der Waals surface area contributed by atoms with Gasteiger partial charge in [-0.05, 0) is 74.1 Å². The first-order valence-corrected chi connectivity index (χ1v) is 17.3. The normalized spacial score (nSPS) is 11.9. The van der Waals surface area contributed by atoms with Gasteiger partial charge >= 0.3 is 0 Å². The maximum atomic E-state index is 5.12. The average Bonchev–Trinajstić information content (AvgIpc) is 3.49. The molecule has 0 radical (unpaired) electrons. The quantitative estimate of drug-likeness (QED) is 0.191. The summed E-state index contributed by atoms with van der Waals surface area (Å²) in [5.74, 6) is 1.93. The first-order valence-electron chi connectivity index (χ1n) is 17.3. The number of aromatic nitrogens is 4. The third kappa shape index (κ3) is 4.23. The van der Waals surface area contributed by atoms with Crippen molar-refractivity contribution >= 4 is 43.4 Å². The first kappa shape index (κ1) is 28.0. The Balaban J connectivity index is 1.14. The largest absolute Gasteiger partial charge is 0.309 e. The van der Waals surface area contributed by atoms with Gasteiger partial charge in [0.1, 0.15) is 0 Å². The van der Waals surface area contributed by atoms with Crippen LogP contribution in [0.2, 0.25) is 0 Å². The van der Waals surface area contributed by atoms with Crippen LogP contribution in [0.15, 0.2) is 170 Å². The lowest BCUT2D eigenvalue weighted by Crippen LogP contribution is -2.01. The Kier molecular flexibility index (Phi) is 5.92. The van der Waals surface area contributed by atoms with Gasteiger partial charge in [0.2, 0.25) is 0 Å². The van der Waals surface area contributed by atoms with Crippen LogP contribution >= 0.6 is 0 Å². The fourth-order valence-corrected chi connectivity index (χ4v) is 8.09. The highest BCUT2D eigenvalue weighted by Crippen LogP contribution is 2.49. The van der Waals surface area contributed by atoms with Crippen molar-refractivity contribution < 1.29 is 0 Å². The standard InChI is InChI=1S/C47H28N4/c1-2-12-31(13-3-1)45-48-46(50-47(49-45)34-26-25-29-11-4-5-14-32(29)27-34)33-17-6-18-35(28-33)51-40-23-9-21-38-36-19-7-15-30-16-8-20-37(42(30)36)39-22-10-24-41(51)44(39)43(38)40/h1-28H. The van der Waals surface area contributed by atoms with Crippen LogP contribution in [0.5, 0.6) is 0 Å². The van der Waals surface area contributed by atoms with Gasteiger partial charge in [-0.2, -0.15) is 0 Å². The second-order valence-electron chi connectivity index (χ2n) is 13.2. The number of benzene rings is 8. The van der Waals surface area contributed by atoms with Crippen LogP contribution in [0.3, 0.4) is 0 Å². The summed E-state index contributed by atoms with van der Waals surface area (Å²) in [7, 11) is 0. The van der Waals surface area contributed by atoms with Gasteiger partial charge in [-0.25, -0.2) is 15.0 Å². The third-order valence-electron chi connectivity index (χ3n) is 10.3. The topological polar surface area (TPSA) is 43.6 Å². The molecule has 0 aliphatic heterocycles. The van der Waals surface area contributed by atoms with Gasteiger partial charge in [-0.3, -0.25) is 0 Å². The summed E-state index contributed by atoms with van der Waals surface area (Å²) in [5, 5.41) is 7.47. The summed E-state index contributed by atoms with van der Waals surface area (Å²) >= 11 is 0. The molecular weight excluding hydrogens is 621 g/mol. The van der Waals surface area contributed by atoms with Crippen LogP contribution in [0.25, 0.3) is 105 Å². The van der Waals surface area contributed by atoms with E-state index in [0.717, 1.165) is 27.8 Å². The number of nitrogens with zero attached hydrogens (tertiary/aromatic N) is 4. The molecule has 0 atom stereocenters. The minimum Gasteiger partial charge on any atom is -0.309 e. The molecule has 0 amide bonds. The van der Waals surface area contributed by atoms with E-state index < -0.39 is 0 Å². The molecule has 4 heteroatoms. The molecule has 1 aliphatic carbocycles. The zero-order valence-electron chi connectivity index (χ0n) is 27.5. The minimum atomic E-state index is 0.637. The molecule has 0 spiro atoms. The van der Waals surface area contributed by atoms with E-state index in [1.165, 1.54) is 60.2 Å². The van der Waals surface area contributed by atoms with Crippen LogP contribution in [0.4, 0.5) is 0 Å². The van der Waals surface area contributed by atoms with E-state index >= 15 is 0 Å². The fourth-order valence-electron chi connectivity index (χ4n) is 8.09. The number of hydrogen-bond donors (Lipinski definition) is 0. The van der Waals surface area contributed by atoms with E-state index in [9.17, 15) is 0 Å². The van der Waals surface area contributed by atoms with Crippen molar-refractivity contribution in [3.8, 4) is 62.1 Å². The molecule has 2 aromatic heterocycles. The molecule has 0 saturated carbocycles. The van der Waals surface area contributed by atoms with Gasteiger partial charge in [-0.15, -0.1) is 0 Å². The van der Waals surface area contributed by atoms with E-state index in [2.05, 4.69) is 156 Å². The van der Waals surface area contributed by atoms with Crippen molar-refractivity contribution in [1.29, 1.82) is 0 Å². The average molecular weight is 649 g/mol. The minimum absolute atomic E-state index is 0.637. The third-order valence-corrected chi connectivity index (χ3v) is 10.3. The van der Waals surface area contributed by atoms with E-state index in [1.807, 2.05) is 18.2 Å². The zero-order valence-corrected chi connectivity index (χ0v) is 27.5. The van der Waals surface area contributed by atoms with E-state index in [-0.39, 0.29) is 0 Å². The predicted octanol–water partition coefficient (Wildman–Crippen LogP) is 11.9. The smallest absolute Gasteiger partial charge is 0.164 e. The van der Waals surface area contributed by atoms with E-state index in [1.54, 1.807) is 0 Å². The molecule has 8 aromatic carbocycles. The van der Waals surface area contributed by atoms with Gasteiger partial charge in [0.15, 0.2) is 17.5 Å². The molecule has 4 nitrogen and oxygen atoms in total. The van der Waals surface area contributed by atoms with Gasteiger partial charge in [-0.1, -0.05) is 140 Å². The van der Waals surface area contributed by atoms with Crippen LogP contribution in [-0.2, 0) is 0 Å². The summed E-state index contributed by atoms with van der Waals surface area (Å²) in [6.45, 7) is 0. The Morgan fingerprint density at radius 3 is 1.47 bits per heavy atom. The Morgan fingerprint density at radius 2 is 0.804 bits per heavy atom. The molecular formula is C47H28N4. The first-order chi connectivity index (χ1) is 25.3. The maximum Gasteiger partial charge on any atom is 0.164 e. The Hall–Kier alpha value is -6.91. The van der Waals surface area contributed by atoms with Crippen LogP contribution in [0.1, 0.15) is 0 Å². The van der Waals surface area contributed by atoms with Crippen LogP contribution in [0, 0.1) is 0 Å². The van der Waals surface area contributed by atoms with Crippen molar-refractivity contribution in [2.75, 3.05) is 0 Å². The molecule has 236 valence electrons. The van der Waals surface area contributed by atoms with Gasteiger partial charge in [0, 0.05) is 33.2 Å². The Bertz CT molecular complexity index is 2930. The van der Waals surface area contributed by atoms with Crippen molar-refractivity contribution in [2.45, 2.75) is 0 Å². The maximum absolute atomic E-state index is 5.12. The fraction of sp³-hybridized carbons (Fsp3) is 0. The van der Waals surface area contributed by atoms with E-state index in [4.69, 9.17) is 15.0 Å². The van der Waals surface area contributed by atoms with Gasteiger partial charge < -0.3 is 4.57 Å².